The van der Waals surface area contributed by atoms with Crippen molar-refractivity contribution in [2.75, 3.05) is 25.2 Å². The molecule has 0 bridgehead atoms. The summed E-state index contributed by atoms with van der Waals surface area (Å²) in [5, 5.41) is 17.0. The number of esters is 1. The van der Waals surface area contributed by atoms with Crippen molar-refractivity contribution in [3.63, 3.8) is 0 Å². The van der Waals surface area contributed by atoms with Gasteiger partial charge >= 0.3 is 11.9 Å². The number of anilines is 1. The highest BCUT2D eigenvalue weighted by Gasteiger charge is 2.54. The summed E-state index contributed by atoms with van der Waals surface area (Å²) in [5.41, 5.74) is 5.85. The van der Waals surface area contributed by atoms with E-state index in [1.54, 1.807) is 0 Å². The van der Waals surface area contributed by atoms with Crippen molar-refractivity contribution in [3.8, 4) is 0 Å². The van der Waals surface area contributed by atoms with Gasteiger partial charge in [-0.2, -0.15) is 0 Å². The number of nitrogens with two attached hydrogens (primary N) is 1. The predicted octanol–water partition coefficient (Wildman–Crippen LogP) is -0.0663. The van der Waals surface area contributed by atoms with Gasteiger partial charge in [0, 0.05) is 18.1 Å². The number of aliphatic carboxylic acids is 1. The first-order valence-corrected chi connectivity index (χ1v) is 11.0. The number of thiazole rings is 1. The fraction of sp³-hybridized carbons (Fsp3) is 0.333. The number of nitrogens with zero attached hydrogens (tertiary/aromatic N) is 3. The molecule has 0 spiro atoms. The number of nitrogen functional groups attached to an aromatic ring is 1. The van der Waals surface area contributed by atoms with Crippen LogP contribution in [0.4, 0.5) is 5.13 Å². The zero-order chi connectivity index (χ0) is 23.4. The van der Waals surface area contributed by atoms with E-state index in [2.05, 4.69) is 15.5 Å². The molecule has 1 aromatic heterocycles. The van der Waals surface area contributed by atoms with Gasteiger partial charge in [-0.25, -0.2) is 9.78 Å². The largest absolute Gasteiger partial charge is 0.477 e. The zero-order valence-electron chi connectivity index (χ0n) is 16.9. The van der Waals surface area contributed by atoms with Crippen LogP contribution in [0.1, 0.15) is 12.6 Å². The number of carbonyl (C=O) groups excluding carboxylic acids is 3. The topological polar surface area (TPSA) is 174 Å². The van der Waals surface area contributed by atoms with Crippen molar-refractivity contribution in [1.82, 2.24) is 15.2 Å². The lowest BCUT2D eigenvalue weighted by atomic mass is 10.0. The second-order valence-corrected chi connectivity index (χ2v) is 8.43. The van der Waals surface area contributed by atoms with Crippen LogP contribution in [0.15, 0.2) is 34.0 Å². The lowest BCUT2D eigenvalue weighted by molar-refractivity contribution is -0.150. The average Bonchev–Trinajstić information content (AvgIpc) is 3.17. The summed E-state index contributed by atoms with van der Waals surface area (Å²) in [7, 11) is 1.26. The van der Waals surface area contributed by atoms with Crippen LogP contribution in [0.3, 0.4) is 0 Å². The molecule has 0 saturated carbocycles. The maximum absolute atomic E-state index is 12.7. The second-order valence-electron chi connectivity index (χ2n) is 6.44. The van der Waals surface area contributed by atoms with Gasteiger partial charge in [0.05, 0.1) is 0 Å². The molecule has 0 unspecified atom stereocenters. The molecular weight excluding hydrogens is 462 g/mol. The predicted molar refractivity (Wildman–Crippen MR) is 116 cm³/mol. The molecule has 3 heterocycles. The number of rotatable bonds is 8. The Hall–Kier alpha value is -3.39. The van der Waals surface area contributed by atoms with Gasteiger partial charge in [-0.1, -0.05) is 11.2 Å². The van der Waals surface area contributed by atoms with Crippen LogP contribution < -0.4 is 11.1 Å². The van der Waals surface area contributed by atoms with Crippen molar-refractivity contribution < 1.29 is 33.9 Å². The van der Waals surface area contributed by atoms with E-state index in [0.29, 0.717) is 5.57 Å². The average molecular weight is 482 g/mol. The highest BCUT2D eigenvalue weighted by atomic mass is 32.2. The Morgan fingerprint density at radius 1 is 1.47 bits per heavy atom. The van der Waals surface area contributed by atoms with Crippen LogP contribution in [-0.2, 0) is 28.8 Å². The number of carboxylic acid groups (broad SMARTS) is 1. The minimum absolute atomic E-state index is 0.0187. The van der Waals surface area contributed by atoms with Gasteiger partial charge in [-0.3, -0.25) is 19.3 Å². The number of oxime groups is 1. The van der Waals surface area contributed by atoms with E-state index in [-0.39, 0.29) is 34.6 Å². The van der Waals surface area contributed by atoms with E-state index in [1.807, 2.05) is 0 Å². The maximum atomic E-state index is 12.7. The molecule has 1 saturated heterocycles. The van der Waals surface area contributed by atoms with Gasteiger partial charge in [-0.15, -0.1) is 23.1 Å². The summed E-state index contributed by atoms with van der Waals surface area (Å²) in [6.07, 6.45) is 3.00. The summed E-state index contributed by atoms with van der Waals surface area (Å²) >= 11 is 2.40. The van der Waals surface area contributed by atoms with E-state index >= 15 is 0 Å². The van der Waals surface area contributed by atoms with Gasteiger partial charge < -0.3 is 25.7 Å². The Kier molecular flexibility index (Phi) is 7.15. The molecule has 32 heavy (non-hydrogen) atoms. The number of β-lactam (4-membered cyclic amide) rings is 1. The van der Waals surface area contributed by atoms with Gasteiger partial charge in [0.15, 0.2) is 10.8 Å². The number of carboxylic acids is 1. The third kappa shape index (κ3) is 4.75. The van der Waals surface area contributed by atoms with Crippen LogP contribution >= 0.6 is 23.1 Å². The molecular formula is C18H19N5O7S2. The Balaban J connectivity index is 1.75. The Bertz CT molecular complexity index is 1050. The Morgan fingerprint density at radius 3 is 2.81 bits per heavy atom. The van der Waals surface area contributed by atoms with E-state index in [9.17, 15) is 24.3 Å². The van der Waals surface area contributed by atoms with Crippen LogP contribution in [0, 0.1) is 0 Å². The first-order valence-electron chi connectivity index (χ1n) is 9.09. The number of allylic oxidation sites excluding steroid dienone is 1. The number of thioether (sulfide) groups is 1. The van der Waals surface area contributed by atoms with E-state index < -0.39 is 35.2 Å². The fourth-order valence-electron chi connectivity index (χ4n) is 3.03. The third-order valence-electron chi connectivity index (χ3n) is 4.35. The molecule has 1 fully saturated rings. The molecule has 0 aromatic carbocycles. The Labute approximate surface area is 190 Å². The van der Waals surface area contributed by atoms with Gasteiger partial charge in [0.1, 0.15) is 36.5 Å². The molecule has 0 radical (unpaired) electrons. The molecule has 2 aliphatic heterocycles. The van der Waals surface area contributed by atoms with Crippen molar-refractivity contribution in [1.29, 1.82) is 0 Å². The standard InChI is InChI=1S/C18H19N5O7S2/c1-8(24)30-5-3-4-9-6-31-16-12(15(26)23(16)13(9)17(27)28)21-14(25)11(22-29-2)10-7-32-18(19)20-10/h3-4,7,12,16H,5-6H2,1-2H3,(H2,19,20)(H,21,25)(H,27,28)/b4-3+,22-11-/t12-,16+/m1/s1. The normalized spacial score (nSPS) is 20.6. The molecule has 14 heteroatoms. The number of hydrogen-bond donors (Lipinski definition) is 3. The number of fused-ring (bicyclic) bond motifs is 1. The zero-order valence-corrected chi connectivity index (χ0v) is 18.6. The summed E-state index contributed by atoms with van der Waals surface area (Å²) < 4.78 is 4.79. The quantitative estimate of drug-likeness (QED) is 0.197. The molecule has 2 amide bonds. The lowest BCUT2D eigenvalue weighted by Gasteiger charge is -2.49. The Morgan fingerprint density at radius 2 is 2.22 bits per heavy atom. The molecule has 170 valence electrons. The molecule has 0 aliphatic carbocycles. The third-order valence-corrected chi connectivity index (χ3v) is 6.33. The summed E-state index contributed by atoms with van der Waals surface area (Å²) in [6, 6.07) is -0.952. The minimum atomic E-state index is -1.28. The van der Waals surface area contributed by atoms with Crippen molar-refractivity contribution >= 4 is 57.7 Å². The van der Waals surface area contributed by atoms with Crippen LogP contribution in [0.5, 0.6) is 0 Å². The number of hydrogen-bond acceptors (Lipinski definition) is 11. The first-order chi connectivity index (χ1) is 15.2. The number of nitrogens with one attached hydrogen (secondary N) is 1. The second kappa shape index (κ2) is 9.82. The first kappa shape index (κ1) is 23.3. The fourth-order valence-corrected chi connectivity index (χ4v) is 4.89. The SMILES string of the molecule is CO/N=C(\C(=O)N[C@@H]1C(=O)N2C(C(=O)O)=C(/C=C/COC(C)=O)CS[C@@H]12)c1csc(N)n1. The van der Waals surface area contributed by atoms with Crippen molar-refractivity contribution in [2.24, 2.45) is 5.16 Å². The maximum Gasteiger partial charge on any atom is 0.352 e. The molecule has 1 aromatic rings. The van der Waals surface area contributed by atoms with Crippen molar-refractivity contribution in [3.05, 3.63) is 34.5 Å². The van der Waals surface area contributed by atoms with Crippen LogP contribution in [0.25, 0.3) is 0 Å². The summed E-state index contributed by atoms with van der Waals surface area (Å²) in [5.74, 6) is -2.74. The molecule has 2 atom stereocenters. The number of amides is 2. The smallest absolute Gasteiger partial charge is 0.352 e. The number of ether oxygens (including phenoxy) is 1. The van der Waals surface area contributed by atoms with Gasteiger partial charge in [-0.05, 0) is 11.6 Å². The molecule has 12 nitrogen and oxygen atoms in total. The monoisotopic (exact) mass is 481 g/mol. The molecule has 3 rings (SSSR count). The summed E-state index contributed by atoms with van der Waals surface area (Å²) in [4.78, 5) is 57.9. The summed E-state index contributed by atoms with van der Waals surface area (Å²) in [6.45, 7) is 1.24. The van der Waals surface area contributed by atoms with Crippen LogP contribution in [-0.4, -0.2) is 75.3 Å². The number of aromatic nitrogens is 1. The minimum Gasteiger partial charge on any atom is -0.477 e. The van der Waals surface area contributed by atoms with E-state index in [4.69, 9.17) is 15.3 Å². The lowest BCUT2D eigenvalue weighted by Crippen LogP contribution is -2.71. The molecule has 2 aliphatic rings. The van der Waals surface area contributed by atoms with E-state index in [1.165, 1.54) is 43.3 Å². The van der Waals surface area contributed by atoms with Gasteiger partial charge in [0.25, 0.3) is 11.8 Å². The number of carbonyl (C=O) groups is 4. The van der Waals surface area contributed by atoms with Gasteiger partial charge in [0.2, 0.25) is 0 Å². The van der Waals surface area contributed by atoms with Crippen LogP contribution in [0.2, 0.25) is 0 Å². The van der Waals surface area contributed by atoms with E-state index in [0.717, 1.165) is 16.2 Å². The highest BCUT2D eigenvalue weighted by molar-refractivity contribution is 8.00. The molecule has 4 N–H and O–H groups in total. The van der Waals surface area contributed by atoms with Crippen molar-refractivity contribution in [2.45, 2.75) is 18.3 Å². The highest BCUT2D eigenvalue weighted by Crippen LogP contribution is 2.40.